The highest BCUT2D eigenvalue weighted by atomic mass is 79.9. The van der Waals surface area contributed by atoms with Gasteiger partial charge in [-0.1, -0.05) is 11.6 Å². The van der Waals surface area contributed by atoms with Crippen molar-refractivity contribution in [2.24, 2.45) is 0 Å². The molecule has 0 aliphatic rings. The number of aromatic nitrogens is 1. The third-order valence-corrected chi connectivity index (χ3v) is 3.00. The molecular weight excluding hydrogens is 346 g/mol. The van der Waals surface area contributed by atoms with E-state index < -0.39 is 0 Å². The number of ether oxygens (including phenoxy) is 2. The minimum atomic E-state index is 0.247. The first kappa shape index (κ1) is 14.4. The molecule has 0 radical (unpaired) electrons. The van der Waals surface area contributed by atoms with Crippen LogP contribution in [0, 0.1) is 11.3 Å². The third kappa shape index (κ3) is 3.13. The van der Waals surface area contributed by atoms with Gasteiger partial charge in [-0.2, -0.15) is 5.26 Å². The van der Waals surface area contributed by atoms with Crippen LogP contribution < -0.4 is 15.2 Å². The van der Waals surface area contributed by atoms with Crippen LogP contribution in [-0.4, -0.2) is 12.1 Å². The normalized spacial score (nSPS) is 9.90. The second kappa shape index (κ2) is 5.99. The first-order valence-electron chi connectivity index (χ1n) is 5.42. The van der Waals surface area contributed by atoms with Gasteiger partial charge < -0.3 is 15.2 Å². The number of nitrogens with zero attached hydrogens (tertiary/aromatic N) is 2. The van der Waals surface area contributed by atoms with E-state index in [0.29, 0.717) is 26.7 Å². The highest BCUT2D eigenvalue weighted by Crippen LogP contribution is 2.36. The Bertz CT molecular complexity index is 701. The van der Waals surface area contributed by atoms with Crippen molar-refractivity contribution in [3.63, 3.8) is 0 Å². The number of nitrogen functional groups attached to an aromatic ring is 1. The van der Waals surface area contributed by atoms with Gasteiger partial charge in [-0.05, 0) is 34.1 Å². The predicted molar refractivity (Wildman–Crippen MR) is 79.1 cm³/mol. The van der Waals surface area contributed by atoms with Gasteiger partial charge in [0.15, 0.2) is 5.75 Å². The Morgan fingerprint density at radius 2 is 2.10 bits per heavy atom. The van der Waals surface area contributed by atoms with Gasteiger partial charge >= 0.3 is 0 Å². The summed E-state index contributed by atoms with van der Waals surface area (Å²) >= 11 is 9.15. The molecule has 1 aromatic carbocycles. The van der Waals surface area contributed by atoms with Gasteiger partial charge in [-0.25, -0.2) is 4.98 Å². The van der Waals surface area contributed by atoms with Crippen molar-refractivity contribution in [1.29, 1.82) is 5.26 Å². The fourth-order valence-electron chi connectivity index (χ4n) is 1.53. The molecule has 0 saturated heterocycles. The molecule has 0 saturated carbocycles. The number of hydrogen-bond donors (Lipinski definition) is 1. The number of pyridine rings is 1. The van der Waals surface area contributed by atoms with Gasteiger partial charge in [0.25, 0.3) is 0 Å². The molecule has 0 spiro atoms. The molecular formula is C13H9BrClN3O2. The Morgan fingerprint density at radius 3 is 2.75 bits per heavy atom. The quantitative estimate of drug-likeness (QED) is 0.849. The lowest BCUT2D eigenvalue weighted by atomic mass is 10.2. The standard InChI is InChI=1S/C13H9BrClN3O2/c1-19-13-12(17)10(5-11(14)18-13)20-9-3-7(6-16)2-8(15)4-9/h2-5H,17H2,1H3. The minimum absolute atomic E-state index is 0.247. The van der Waals surface area contributed by atoms with E-state index in [1.54, 1.807) is 24.3 Å². The maximum atomic E-state index is 8.91. The summed E-state index contributed by atoms with van der Waals surface area (Å²) in [6.45, 7) is 0. The lowest BCUT2D eigenvalue weighted by Crippen LogP contribution is -1.99. The second-order valence-electron chi connectivity index (χ2n) is 3.76. The number of methoxy groups -OCH3 is 1. The van der Waals surface area contributed by atoms with E-state index in [2.05, 4.69) is 20.9 Å². The molecule has 102 valence electrons. The van der Waals surface area contributed by atoms with Gasteiger partial charge in [0.05, 0.1) is 18.7 Å². The summed E-state index contributed by atoms with van der Waals surface area (Å²) in [5, 5.41) is 9.31. The molecule has 2 N–H and O–H groups in total. The molecule has 1 aromatic heterocycles. The van der Waals surface area contributed by atoms with E-state index in [4.69, 9.17) is 32.1 Å². The van der Waals surface area contributed by atoms with Crippen LogP contribution >= 0.6 is 27.5 Å². The first-order chi connectivity index (χ1) is 9.53. The zero-order chi connectivity index (χ0) is 14.7. The second-order valence-corrected chi connectivity index (χ2v) is 5.00. The topological polar surface area (TPSA) is 81.2 Å². The van der Waals surface area contributed by atoms with Crippen LogP contribution in [0.25, 0.3) is 0 Å². The summed E-state index contributed by atoms with van der Waals surface area (Å²) < 4.78 is 11.2. The predicted octanol–water partition coefficient (Wildman–Crippen LogP) is 3.75. The smallest absolute Gasteiger partial charge is 0.241 e. The minimum Gasteiger partial charge on any atom is -0.479 e. The Kier molecular flexibility index (Phi) is 4.32. The number of anilines is 1. The monoisotopic (exact) mass is 353 g/mol. The van der Waals surface area contributed by atoms with Gasteiger partial charge in [0, 0.05) is 11.1 Å². The Morgan fingerprint density at radius 1 is 1.35 bits per heavy atom. The molecule has 20 heavy (non-hydrogen) atoms. The summed E-state index contributed by atoms with van der Waals surface area (Å²) in [4.78, 5) is 4.06. The number of rotatable bonds is 3. The Labute approximate surface area is 129 Å². The van der Waals surface area contributed by atoms with Crippen molar-refractivity contribution in [1.82, 2.24) is 4.98 Å². The van der Waals surface area contributed by atoms with E-state index in [0.717, 1.165) is 0 Å². The summed E-state index contributed by atoms with van der Waals surface area (Å²) in [5.74, 6) is 1.01. The van der Waals surface area contributed by atoms with Crippen LogP contribution in [0.5, 0.6) is 17.4 Å². The molecule has 5 nitrogen and oxygen atoms in total. The van der Waals surface area contributed by atoms with Crippen LogP contribution in [0.1, 0.15) is 5.56 Å². The number of hydrogen-bond acceptors (Lipinski definition) is 5. The van der Waals surface area contributed by atoms with Crippen molar-refractivity contribution in [2.75, 3.05) is 12.8 Å². The van der Waals surface area contributed by atoms with Crippen LogP contribution in [0.4, 0.5) is 5.69 Å². The molecule has 1 heterocycles. The molecule has 0 amide bonds. The lowest BCUT2D eigenvalue weighted by molar-refractivity contribution is 0.394. The van der Waals surface area contributed by atoms with E-state index in [-0.39, 0.29) is 11.6 Å². The third-order valence-electron chi connectivity index (χ3n) is 2.38. The van der Waals surface area contributed by atoms with Gasteiger partial charge in [0.1, 0.15) is 16.0 Å². The Balaban J connectivity index is 2.42. The molecule has 0 bridgehead atoms. The highest BCUT2D eigenvalue weighted by molar-refractivity contribution is 9.10. The van der Waals surface area contributed by atoms with Crippen LogP contribution in [-0.2, 0) is 0 Å². The van der Waals surface area contributed by atoms with Crippen LogP contribution in [0.3, 0.4) is 0 Å². The molecule has 0 aliphatic heterocycles. The fourth-order valence-corrected chi connectivity index (χ4v) is 2.13. The fraction of sp³-hybridized carbons (Fsp3) is 0.0769. The highest BCUT2D eigenvalue weighted by Gasteiger charge is 2.12. The van der Waals surface area contributed by atoms with Crippen molar-refractivity contribution in [3.05, 3.63) is 39.5 Å². The zero-order valence-corrected chi connectivity index (χ0v) is 12.7. The molecule has 0 unspecified atom stereocenters. The zero-order valence-electron chi connectivity index (χ0n) is 10.4. The molecule has 0 fully saturated rings. The summed E-state index contributed by atoms with van der Waals surface area (Å²) in [5.41, 5.74) is 6.54. The summed E-state index contributed by atoms with van der Waals surface area (Å²) in [6, 6.07) is 8.29. The van der Waals surface area contributed by atoms with Crippen LogP contribution in [0.2, 0.25) is 5.02 Å². The Hall–Kier alpha value is -1.97. The maximum Gasteiger partial charge on any atom is 0.241 e. The van der Waals surface area contributed by atoms with Gasteiger partial charge in [0.2, 0.25) is 5.88 Å². The van der Waals surface area contributed by atoms with Gasteiger partial charge in [-0.15, -0.1) is 0 Å². The molecule has 0 atom stereocenters. The largest absolute Gasteiger partial charge is 0.479 e. The number of halogens is 2. The van der Waals surface area contributed by atoms with E-state index >= 15 is 0 Å². The molecule has 2 aromatic rings. The first-order valence-corrected chi connectivity index (χ1v) is 6.59. The number of nitrogens with two attached hydrogens (primary N) is 1. The van der Waals surface area contributed by atoms with Crippen molar-refractivity contribution < 1.29 is 9.47 Å². The molecule has 2 rings (SSSR count). The maximum absolute atomic E-state index is 8.91. The molecule has 7 heteroatoms. The molecule has 0 aliphatic carbocycles. The summed E-state index contributed by atoms with van der Waals surface area (Å²) in [6.07, 6.45) is 0. The van der Waals surface area contributed by atoms with Crippen molar-refractivity contribution in [3.8, 4) is 23.4 Å². The number of benzene rings is 1. The SMILES string of the molecule is COc1nc(Br)cc(Oc2cc(Cl)cc(C#N)c2)c1N. The average Bonchev–Trinajstić information content (AvgIpc) is 2.41. The van der Waals surface area contributed by atoms with Crippen molar-refractivity contribution >= 4 is 33.2 Å². The van der Waals surface area contributed by atoms with Crippen molar-refractivity contribution in [2.45, 2.75) is 0 Å². The number of nitriles is 1. The summed E-state index contributed by atoms with van der Waals surface area (Å²) in [7, 11) is 1.46. The lowest BCUT2D eigenvalue weighted by Gasteiger charge is -2.11. The van der Waals surface area contributed by atoms with E-state index in [1.807, 2.05) is 6.07 Å². The van der Waals surface area contributed by atoms with E-state index in [9.17, 15) is 0 Å². The average molecular weight is 355 g/mol. The van der Waals surface area contributed by atoms with E-state index in [1.165, 1.54) is 7.11 Å². The van der Waals surface area contributed by atoms with Gasteiger partial charge in [-0.3, -0.25) is 0 Å². The van der Waals surface area contributed by atoms with Crippen LogP contribution in [0.15, 0.2) is 28.9 Å².